The highest BCUT2D eigenvalue weighted by Gasteiger charge is 2.06. The van der Waals surface area contributed by atoms with Crippen LogP contribution in [0.25, 0.3) is 10.2 Å². The average Bonchev–Trinajstić information content (AvgIpc) is 2.95. The maximum Gasteiger partial charge on any atom is 0.0907 e. The Hall–Kier alpha value is -2.08. The zero-order chi connectivity index (χ0) is 14.1. The van der Waals surface area contributed by atoms with Crippen molar-refractivity contribution in [1.29, 1.82) is 0 Å². The predicted octanol–water partition coefficient (Wildman–Crippen LogP) is 2.80. The van der Waals surface area contributed by atoms with E-state index in [1.807, 2.05) is 43.1 Å². The fourth-order valence-corrected chi connectivity index (χ4v) is 3.01. The Kier molecular flexibility index (Phi) is 3.31. The van der Waals surface area contributed by atoms with E-state index in [9.17, 15) is 0 Å². The standard InChI is InChI=1S/C14H17N5S/c1-9-7-17-19(8-9)4-3-16-12-6-13-14(5-11(12)15)20-10(2)18-13/h5-8,16H,3-4,15H2,1-2H3. The Morgan fingerprint density at radius 3 is 2.95 bits per heavy atom. The maximum atomic E-state index is 6.07. The van der Waals surface area contributed by atoms with Crippen LogP contribution in [0.3, 0.4) is 0 Å². The van der Waals surface area contributed by atoms with Crippen molar-refractivity contribution in [2.45, 2.75) is 20.4 Å². The molecule has 0 fully saturated rings. The van der Waals surface area contributed by atoms with Gasteiger partial charge in [-0.05, 0) is 31.5 Å². The van der Waals surface area contributed by atoms with Crippen LogP contribution in [-0.2, 0) is 6.54 Å². The maximum absolute atomic E-state index is 6.07. The molecule has 0 saturated carbocycles. The Bertz CT molecular complexity index is 743. The van der Waals surface area contributed by atoms with Gasteiger partial charge in [-0.25, -0.2) is 4.98 Å². The van der Waals surface area contributed by atoms with E-state index in [4.69, 9.17) is 5.73 Å². The molecule has 3 rings (SSSR count). The molecule has 0 aliphatic heterocycles. The van der Waals surface area contributed by atoms with Crippen molar-refractivity contribution in [2.24, 2.45) is 0 Å². The number of aromatic nitrogens is 3. The summed E-state index contributed by atoms with van der Waals surface area (Å²) in [4.78, 5) is 4.49. The number of rotatable bonds is 4. The van der Waals surface area contributed by atoms with Crippen LogP contribution in [-0.4, -0.2) is 21.3 Å². The van der Waals surface area contributed by atoms with E-state index in [1.54, 1.807) is 11.3 Å². The van der Waals surface area contributed by atoms with Crippen molar-refractivity contribution >= 4 is 32.9 Å². The van der Waals surface area contributed by atoms with Gasteiger partial charge in [-0.15, -0.1) is 11.3 Å². The first-order valence-corrected chi connectivity index (χ1v) is 7.33. The van der Waals surface area contributed by atoms with Crippen molar-refractivity contribution in [3.8, 4) is 0 Å². The zero-order valence-electron chi connectivity index (χ0n) is 11.6. The molecular weight excluding hydrogens is 270 g/mol. The molecular formula is C14H17N5S. The Morgan fingerprint density at radius 1 is 1.35 bits per heavy atom. The van der Waals surface area contributed by atoms with Crippen LogP contribution < -0.4 is 11.1 Å². The lowest BCUT2D eigenvalue weighted by atomic mass is 10.2. The molecule has 0 radical (unpaired) electrons. The summed E-state index contributed by atoms with van der Waals surface area (Å²) in [6.07, 6.45) is 3.89. The minimum Gasteiger partial charge on any atom is -0.397 e. The van der Waals surface area contributed by atoms with E-state index in [1.165, 1.54) is 5.56 Å². The smallest absolute Gasteiger partial charge is 0.0907 e. The molecule has 1 aromatic carbocycles. The molecule has 0 saturated heterocycles. The van der Waals surface area contributed by atoms with Gasteiger partial charge in [-0.3, -0.25) is 4.68 Å². The average molecular weight is 287 g/mol. The van der Waals surface area contributed by atoms with E-state index in [0.29, 0.717) is 0 Å². The summed E-state index contributed by atoms with van der Waals surface area (Å²) >= 11 is 1.67. The summed E-state index contributed by atoms with van der Waals surface area (Å²) in [5.74, 6) is 0. The number of nitrogens with zero attached hydrogens (tertiary/aromatic N) is 3. The number of hydrogen-bond acceptors (Lipinski definition) is 5. The van der Waals surface area contributed by atoms with Gasteiger partial charge in [0.1, 0.15) is 0 Å². The first kappa shape index (κ1) is 12.9. The van der Waals surface area contributed by atoms with Crippen LogP contribution in [0.2, 0.25) is 0 Å². The molecule has 0 amide bonds. The van der Waals surface area contributed by atoms with Crippen LogP contribution in [0.5, 0.6) is 0 Å². The number of benzene rings is 1. The Morgan fingerprint density at radius 2 is 2.20 bits per heavy atom. The number of aryl methyl sites for hydroxylation is 2. The first-order chi connectivity index (χ1) is 9.61. The minimum absolute atomic E-state index is 0.762. The summed E-state index contributed by atoms with van der Waals surface area (Å²) in [6, 6.07) is 4.00. The molecule has 0 unspecified atom stereocenters. The van der Waals surface area contributed by atoms with Crippen LogP contribution >= 0.6 is 11.3 Å². The molecule has 6 heteroatoms. The van der Waals surface area contributed by atoms with Crippen molar-refractivity contribution in [3.63, 3.8) is 0 Å². The van der Waals surface area contributed by atoms with Crippen LogP contribution in [0, 0.1) is 13.8 Å². The number of nitrogens with two attached hydrogens (primary N) is 1. The molecule has 3 N–H and O–H groups in total. The Balaban J connectivity index is 1.71. The van der Waals surface area contributed by atoms with E-state index >= 15 is 0 Å². The molecule has 0 atom stereocenters. The number of anilines is 2. The van der Waals surface area contributed by atoms with Gasteiger partial charge in [0.15, 0.2) is 0 Å². The molecule has 0 aliphatic carbocycles. The molecule has 3 aromatic rings. The Labute approximate surface area is 121 Å². The van der Waals surface area contributed by atoms with E-state index in [2.05, 4.69) is 15.4 Å². The highest BCUT2D eigenvalue weighted by molar-refractivity contribution is 7.18. The zero-order valence-corrected chi connectivity index (χ0v) is 12.4. The second-order valence-corrected chi connectivity index (χ2v) is 6.08. The fourth-order valence-electron chi connectivity index (χ4n) is 2.15. The summed E-state index contributed by atoms with van der Waals surface area (Å²) < 4.78 is 3.05. The number of nitrogens with one attached hydrogen (secondary N) is 1. The van der Waals surface area contributed by atoms with Gasteiger partial charge in [-0.2, -0.15) is 5.10 Å². The normalized spacial score (nSPS) is 11.1. The SMILES string of the molecule is Cc1cnn(CCNc2cc3nc(C)sc3cc2N)c1. The number of nitrogen functional groups attached to an aromatic ring is 1. The van der Waals surface area contributed by atoms with E-state index < -0.39 is 0 Å². The van der Waals surface area contributed by atoms with Gasteiger partial charge >= 0.3 is 0 Å². The second-order valence-electron chi connectivity index (χ2n) is 4.85. The first-order valence-electron chi connectivity index (χ1n) is 6.51. The summed E-state index contributed by atoms with van der Waals surface area (Å²) in [5, 5.41) is 8.67. The quantitative estimate of drug-likeness (QED) is 0.724. The fraction of sp³-hybridized carbons (Fsp3) is 0.286. The summed E-state index contributed by atoms with van der Waals surface area (Å²) in [6.45, 7) is 5.63. The van der Waals surface area contributed by atoms with Crippen molar-refractivity contribution < 1.29 is 0 Å². The topological polar surface area (TPSA) is 68.8 Å². The number of fused-ring (bicyclic) bond motifs is 1. The second kappa shape index (κ2) is 5.13. The molecule has 20 heavy (non-hydrogen) atoms. The summed E-state index contributed by atoms with van der Waals surface area (Å²) in [5.41, 5.74) is 9.94. The lowest BCUT2D eigenvalue weighted by Gasteiger charge is -2.09. The molecule has 0 spiro atoms. The van der Waals surface area contributed by atoms with Crippen molar-refractivity contribution in [2.75, 3.05) is 17.6 Å². The third-order valence-corrected chi connectivity index (χ3v) is 4.02. The highest BCUT2D eigenvalue weighted by Crippen LogP contribution is 2.29. The molecule has 2 aromatic heterocycles. The van der Waals surface area contributed by atoms with Gasteiger partial charge < -0.3 is 11.1 Å². The van der Waals surface area contributed by atoms with Gasteiger partial charge in [0.25, 0.3) is 0 Å². The molecule has 2 heterocycles. The molecule has 5 nitrogen and oxygen atoms in total. The van der Waals surface area contributed by atoms with Crippen LogP contribution in [0.15, 0.2) is 24.5 Å². The molecule has 104 valence electrons. The number of thiazole rings is 1. The van der Waals surface area contributed by atoms with Crippen LogP contribution in [0.1, 0.15) is 10.6 Å². The monoisotopic (exact) mass is 287 g/mol. The van der Waals surface area contributed by atoms with Crippen LogP contribution in [0.4, 0.5) is 11.4 Å². The van der Waals surface area contributed by atoms with Gasteiger partial charge in [-0.1, -0.05) is 0 Å². The largest absolute Gasteiger partial charge is 0.397 e. The summed E-state index contributed by atoms with van der Waals surface area (Å²) in [7, 11) is 0. The lowest BCUT2D eigenvalue weighted by molar-refractivity contribution is 0.637. The van der Waals surface area contributed by atoms with Crippen molar-refractivity contribution in [3.05, 3.63) is 35.1 Å². The third-order valence-electron chi connectivity index (χ3n) is 3.09. The van der Waals surface area contributed by atoms with E-state index in [-0.39, 0.29) is 0 Å². The van der Waals surface area contributed by atoms with Gasteiger partial charge in [0, 0.05) is 12.7 Å². The number of hydrogen-bond donors (Lipinski definition) is 2. The van der Waals surface area contributed by atoms with Gasteiger partial charge in [0.05, 0.1) is 39.3 Å². The lowest BCUT2D eigenvalue weighted by Crippen LogP contribution is -2.11. The van der Waals surface area contributed by atoms with Gasteiger partial charge in [0.2, 0.25) is 0 Å². The van der Waals surface area contributed by atoms with Crippen molar-refractivity contribution in [1.82, 2.24) is 14.8 Å². The van der Waals surface area contributed by atoms with E-state index in [0.717, 1.165) is 39.7 Å². The highest BCUT2D eigenvalue weighted by atomic mass is 32.1. The molecule has 0 aliphatic rings. The molecule has 0 bridgehead atoms. The minimum atomic E-state index is 0.762. The predicted molar refractivity (Wildman–Crippen MR) is 84.2 cm³/mol. The third kappa shape index (κ3) is 2.60.